The summed E-state index contributed by atoms with van der Waals surface area (Å²) < 4.78 is 15.9. The molecule has 0 amide bonds. The van der Waals surface area contributed by atoms with Gasteiger partial charge in [0.15, 0.2) is 0 Å². The van der Waals surface area contributed by atoms with Crippen LogP contribution in [0.4, 0.5) is 0 Å². The molecule has 0 unspecified atom stereocenters. The molecule has 1 aliphatic heterocycles. The highest BCUT2D eigenvalue weighted by Crippen LogP contribution is 2.40. The summed E-state index contributed by atoms with van der Waals surface area (Å²) in [6, 6.07) is 3.46. The normalized spacial score (nSPS) is 15.0. The minimum absolute atomic E-state index is 0.345. The molecule has 1 aliphatic rings. The number of ether oxygens (including phenoxy) is 3. The van der Waals surface area contributed by atoms with Crippen LogP contribution in [0.1, 0.15) is 54.9 Å². The zero-order valence-electron chi connectivity index (χ0n) is 12.9. The Morgan fingerprint density at radius 3 is 2.62 bits per heavy atom. The number of hydrogen-bond acceptors (Lipinski definition) is 4. The van der Waals surface area contributed by atoms with Crippen molar-refractivity contribution in [3.8, 4) is 11.5 Å². The van der Waals surface area contributed by atoms with Crippen molar-refractivity contribution in [2.45, 2.75) is 39.0 Å². The van der Waals surface area contributed by atoms with Crippen LogP contribution in [0.5, 0.6) is 11.5 Å². The Kier molecular flexibility index (Phi) is 5.26. The summed E-state index contributed by atoms with van der Waals surface area (Å²) in [7, 11) is 3.14. The van der Waals surface area contributed by atoms with Gasteiger partial charge in [0.05, 0.1) is 25.3 Å². The van der Waals surface area contributed by atoms with Gasteiger partial charge in [-0.3, -0.25) is 0 Å². The van der Waals surface area contributed by atoms with Crippen LogP contribution in [0.25, 0.3) is 5.76 Å². The fraction of sp³-hybridized carbons (Fsp3) is 0.471. The number of allylic oxidation sites excluding steroid dienone is 1. The number of methoxy groups -OCH3 is 2. The minimum Gasteiger partial charge on any atom is -0.497 e. The number of cyclic esters (lactones) is 1. The van der Waals surface area contributed by atoms with Gasteiger partial charge < -0.3 is 14.2 Å². The maximum Gasteiger partial charge on any atom is 0.344 e. The van der Waals surface area contributed by atoms with Crippen LogP contribution in [0.15, 0.2) is 18.2 Å². The van der Waals surface area contributed by atoms with Crippen molar-refractivity contribution in [1.29, 1.82) is 0 Å². The fourth-order valence-electron chi connectivity index (χ4n) is 2.44. The molecule has 114 valence electrons. The van der Waals surface area contributed by atoms with Gasteiger partial charge in [0, 0.05) is 6.07 Å². The van der Waals surface area contributed by atoms with E-state index in [1.165, 1.54) is 19.3 Å². The van der Waals surface area contributed by atoms with Crippen LogP contribution in [0.2, 0.25) is 0 Å². The molecule has 4 nitrogen and oxygen atoms in total. The van der Waals surface area contributed by atoms with Crippen molar-refractivity contribution in [3.05, 3.63) is 29.3 Å². The molecule has 0 bridgehead atoms. The average molecular weight is 290 g/mol. The number of fused-ring (bicyclic) bond motifs is 1. The number of benzene rings is 1. The lowest BCUT2D eigenvalue weighted by Crippen LogP contribution is -1.96. The maximum absolute atomic E-state index is 12.0. The zero-order valence-corrected chi connectivity index (χ0v) is 12.9. The van der Waals surface area contributed by atoms with Crippen LogP contribution < -0.4 is 9.47 Å². The summed E-state index contributed by atoms with van der Waals surface area (Å²) in [5, 5.41) is 0. The van der Waals surface area contributed by atoms with E-state index in [2.05, 4.69) is 6.92 Å². The van der Waals surface area contributed by atoms with Crippen molar-refractivity contribution in [2.75, 3.05) is 14.2 Å². The summed E-state index contributed by atoms with van der Waals surface area (Å²) in [5.74, 6) is 1.45. The molecule has 4 heteroatoms. The largest absolute Gasteiger partial charge is 0.497 e. The molecule has 0 saturated heterocycles. The Morgan fingerprint density at radius 2 is 1.95 bits per heavy atom. The Bertz CT molecular complexity index is 546. The lowest BCUT2D eigenvalue weighted by atomic mass is 10.0. The van der Waals surface area contributed by atoms with Crippen LogP contribution in [0.3, 0.4) is 0 Å². The Morgan fingerprint density at radius 1 is 1.14 bits per heavy atom. The number of rotatable bonds is 7. The smallest absolute Gasteiger partial charge is 0.344 e. The SMILES string of the molecule is CCCCCCC=C1OC(=O)c2cc(OC)cc(OC)c21. The second kappa shape index (κ2) is 7.16. The third-order valence-corrected chi connectivity index (χ3v) is 3.59. The van der Waals surface area contributed by atoms with Crippen LogP contribution in [-0.4, -0.2) is 20.2 Å². The van der Waals surface area contributed by atoms with E-state index in [-0.39, 0.29) is 5.97 Å². The highest BCUT2D eigenvalue weighted by molar-refractivity contribution is 6.04. The van der Waals surface area contributed by atoms with Gasteiger partial charge in [0.25, 0.3) is 0 Å². The molecular weight excluding hydrogens is 268 g/mol. The molecule has 1 aromatic carbocycles. The molecule has 0 spiro atoms. The Balaban J connectivity index is 2.23. The molecule has 0 aliphatic carbocycles. The van der Waals surface area contributed by atoms with Gasteiger partial charge in [-0.1, -0.05) is 26.2 Å². The highest BCUT2D eigenvalue weighted by Gasteiger charge is 2.30. The van der Waals surface area contributed by atoms with Gasteiger partial charge in [-0.25, -0.2) is 4.79 Å². The monoisotopic (exact) mass is 290 g/mol. The van der Waals surface area contributed by atoms with E-state index < -0.39 is 0 Å². The van der Waals surface area contributed by atoms with Crippen LogP contribution in [-0.2, 0) is 4.74 Å². The molecule has 0 radical (unpaired) electrons. The van der Waals surface area contributed by atoms with Crippen molar-refractivity contribution in [3.63, 3.8) is 0 Å². The zero-order chi connectivity index (χ0) is 15.2. The minimum atomic E-state index is -0.345. The van der Waals surface area contributed by atoms with E-state index in [4.69, 9.17) is 14.2 Å². The number of hydrogen-bond donors (Lipinski definition) is 0. The Hall–Kier alpha value is -1.97. The maximum atomic E-state index is 12.0. The number of carbonyl (C=O) groups excluding carboxylic acids is 1. The first-order valence-corrected chi connectivity index (χ1v) is 7.40. The molecule has 2 rings (SSSR count). The summed E-state index contributed by atoms with van der Waals surface area (Å²) in [4.78, 5) is 12.0. The second-order valence-corrected chi connectivity index (χ2v) is 5.06. The van der Waals surface area contributed by atoms with Gasteiger partial charge in [0.1, 0.15) is 17.3 Å². The van der Waals surface area contributed by atoms with E-state index in [1.54, 1.807) is 26.4 Å². The van der Waals surface area contributed by atoms with Crippen LogP contribution in [0, 0.1) is 0 Å². The predicted molar refractivity (Wildman–Crippen MR) is 81.7 cm³/mol. The average Bonchev–Trinajstić information content (AvgIpc) is 2.82. The molecule has 0 saturated carbocycles. The van der Waals surface area contributed by atoms with E-state index >= 15 is 0 Å². The van der Waals surface area contributed by atoms with Gasteiger partial charge in [-0.2, -0.15) is 0 Å². The number of carbonyl (C=O) groups is 1. The quantitative estimate of drug-likeness (QED) is 0.558. The lowest BCUT2D eigenvalue weighted by Gasteiger charge is -2.08. The first kappa shape index (κ1) is 15.4. The molecule has 0 atom stereocenters. The Labute approximate surface area is 125 Å². The van der Waals surface area contributed by atoms with Crippen molar-refractivity contribution in [2.24, 2.45) is 0 Å². The van der Waals surface area contributed by atoms with E-state index in [0.717, 1.165) is 18.4 Å². The molecule has 0 fully saturated rings. The third kappa shape index (κ3) is 3.38. The fourth-order valence-corrected chi connectivity index (χ4v) is 2.44. The first-order valence-electron chi connectivity index (χ1n) is 7.40. The second-order valence-electron chi connectivity index (χ2n) is 5.06. The molecule has 1 aromatic rings. The molecule has 1 heterocycles. The predicted octanol–water partition coefficient (Wildman–Crippen LogP) is 4.19. The van der Waals surface area contributed by atoms with E-state index in [0.29, 0.717) is 22.8 Å². The molecular formula is C17H22O4. The van der Waals surface area contributed by atoms with Gasteiger partial charge in [0.2, 0.25) is 0 Å². The highest BCUT2D eigenvalue weighted by atomic mass is 16.5. The van der Waals surface area contributed by atoms with Crippen LogP contribution >= 0.6 is 0 Å². The summed E-state index contributed by atoms with van der Waals surface area (Å²) in [6.07, 6.45) is 7.62. The standard InChI is InChI=1S/C17H22O4/c1-4-5-6-7-8-9-14-16-13(17(18)21-14)10-12(19-2)11-15(16)20-3/h9-11H,4-8H2,1-3H3. The van der Waals surface area contributed by atoms with E-state index in [1.807, 2.05) is 6.08 Å². The van der Waals surface area contributed by atoms with Crippen molar-refractivity contribution in [1.82, 2.24) is 0 Å². The van der Waals surface area contributed by atoms with E-state index in [9.17, 15) is 4.79 Å². The van der Waals surface area contributed by atoms with Crippen molar-refractivity contribution < 1.29 is 19.0 Å². The summed E-state index contributed by atoms with van der Waals surface area (Å²) in [5.41, 5.74) is 1.24. The first-order chi connectivity index (χ1) is 10.2. The lowest BCUT2D eigenvalue weighted by molar-refractivity contribution is 0.0715. The molecule has 0 N–H and O–H groups in total. The van der Waals surface area contributed by atoms with Gasteiger partial charge >= 0.3 is 5.97 Å². The molecule has 0 aromatic heterocycles. The number of unbranched alkanes of at least 4 members (excludes halogenated alkanes) is 4. The molecule has 21 heavy (non-hydrogen) atoms. The third-order valence-electron chi connectivity index (χ3n) is 3.59. The van der Waals surface area contributed by atoms with Gasteiger partial charge in [-0.05, 0) is 25.0 Å². The summed E-state index contributed by atoms with van der Waals surface area (Å²) >= 11 is 0. The summed E-state index contributed by atoms with van der Waals surface area (Å²) in [6.45, 7) is 2.19. The topological polar surface area (TPSA) is 44.8 Å². The van der Waals surface area contributed by atoms with Crippen molar-refractivity contribution >= 4 is 11.7 Å². The number of esters is 1. The van der Waals surface area contributed by atoms with Gasteiger partial charge in [-0.15, -0.1) is 0 Å².